The fourth-order valence-corrected chi connectivity index (χ4v) is 3.55. The molecule has 1 N–H and O–H groups in total. The molecule has 1 aliphatic heterocycles. The van der Waals surface area contributed by atoms with E-state index in [-0.39, 0.29) is 0 Å². The van der Waals surface area contributed by atoms with Gasteiger partial charge in [0.05, 0.1) is 5.56 Å². The van der Waals surface area contributed by atoms with E-state index in [1.165, 1.54) is 30.4 Å². The van der Waals surface area contributed by atoms with Crippen LogP contribution in [0, 0.1) is 11.8 Å². The first-order chi connectivity index (χ1) is 13.8. The molecule has 0 amide bonds. The van der Waals surface area contributed by atoms with E-state index in [0.717, 1.165) is 30.8 Å². The number of nitrogens with zero attached hydrogens (tertiary/aromatic N) is 3. The van der Waals surface area contributed by atoms with Gasteiger partial charge in [0.15, 0.2) is 0 Å². The maximum Gasteiger partial charge on any atom is 0.115 e. The summed E-state index contributed by atoms with van der Waals surface area (Å²) in [6.45, 7) is 3.21. The molecule has 1 saturated heterocycles. The molecule has 28 heavy (non-hydrogen) atoms. The molecule has 1 unspecified atom stereocenters. The van der Waals surface area contributed by atoms with E-state index in [4.69, 9.17) is 0 Å². The van der Waals surface area contributed by atoms with Crippen molar-refractivity contribution in [3.05, 3.63) is 90.0 Å². The molecule has 3 aromatic rings. The number of anilines is 1. The fraction of sp³-hybridized carbons (Fsp3) is 0.250. The van der Waals surface area contributed by atoms with Crippen molar-refractivity contribution in [2.24, 2.45) is 0 Å². The van der Waals surface area contributed by atoms with Gasteiger partial charge in [0, 0.05) is 42.8 Å². The van der Waals surface area contributed by atoms with E-state index in [9.17, 15) is 0 Å². The predicted molar refractivity (Wildman–Crippen MR) is 113 cm³/mol. The summed E-state index contributed by atoms with van der Waals surface area (Å²) in [4.78, 5) is 10.5. The van der Waals surface area contributed by atoms with E-state index >= 15 is 0 Å². The maximum absolute atomic E-state index is 3.98. The Morgan fingerprint density at radius 1 is 0.929 bits per heavy atom. The Morgan fingerprint density at radius 3 is 2.46 bits per heavy atom. The van der Waals surface area contributed by atoms with Gasteiger partial charge < -0.3 is 5.32 Å². The Balaban J connectivity index is 1.33. The molecule has 0 saturated carbocycles. The van der Waals surface area contributed by atoms with Crippen LogP contribution < -0.4 is 5.32 Å². The zero-order valence-corrected chi connectivity index (χ0v) is 15.9. The highest BCUT2D eigenvalue weighted by atomic mass is 15.2. The number of rotatable bonds is 4. The molecule has 1 atom stereocenters. The highest BCUT2D eigenvalue weighted by Gasteiger charge is 2.19. The van der Waals surface area contributed by atoms with Crippen LogP contribution >= 0.6 is 0 Å². The Labute approximate surface area is 166 Å². The minimum Gasteiger partial charge on any atom is -0.381 e. The molecule has 1 aromatic heterocycles. The first kappa shape index (κ1) is 18.2. The summed E-state index contributed by atoms with van der Waals surface area (Å²) >= 11 is 0. The first-order valence-electron chi connectivity index (χ1n) is 9.75. The van der Waals surface area contributed by atoms with Crippen LogP contribution in [0.15, 0.2) is 73.3 Å². The van der Waals surface area contributed by atoms with Crippen LogP contribution in [0.5, 0.6) is 0 Å². The number of benzene rings is 2. The number of aromatic nitrogens is 2. The average Bonchev–Trinajstić information content (AvgIpc) is 2.75. The minimum absolute atomic E-state index is 0.509. The standard InChI is InChI=1S/C24H24N4/c1-2-5-23(6-3-1)27-24-7-4-14-28(18-24)17-21-11-8-20(9-12-21)10-13-22-15-25-19-26-16-22/h1-3,5-6,8-9,11-12,15-16,19,24,27H,4,7,14,17-18H2. The van der Waals surface area contributed by atoms with E-state index < -0.39 is 0 Å². The summed E-state index contributed by atoms with van der Waals surface area (Å²) in [7, 11) is 0. The van der Waals surface area contributed by atoms with Gasteiger partial charge >= 0.3 is 0 Å². The second kappa shape index (κ2) is 9.16. The van der Waals surface area contributed by atoms with Crippen LogP contribution in [-0.2, 0) is 6.54 Å². The number of nitrogens with one attached hydrogen (secondary N) is 1. The van der Waals surface area contributed by atoms with E-state index in [0.29, 0.717) is 6.04 Å². The summed E-state index contributed by atoms with van der Waals surface area (Å²) in [6.07, 6.45) is 7.42. The molecule has 0 aliphatic carbocycles. The number of para-hydroxylation sites is 1. The van der Waals surface area contributed by atoms with Crippen LogP contribution in [0.1, 0.15) is 29.5 Å². The third-order valence-corrected chi connectivity index (χ3v) is 4.92. The monoisotopic (exact) mass is 368 g/mol. The quantitative estimate of drug-likeness (QED) is 0.708. The Bertz CT molecular complexity index is 927. The minimum atomic E-state index is 0.509. The summed E-state index contributed by atoms with van der Waals surface area (Å²) in [6, 6.07) is 19.6. The van der Waals surface area contributed by atoms with Crippen LogP contribution in [0.4, 0.5) is 5.69 Å². The molecule has 1 aliphatic rings. The number of piperidine rings is 1. The van der Waals surface area contributed by atoms with Crippen molar-refractivity contribution in [2.75, 3.05) is 18.4 Å². The molecule has 4 heteroatoms. The van der Waals surface area contributed by atoms with Gasteiger partial charge in [0.2, 0.25) is 0 Å². The van der Waals surface area contributed by atoms with E-state index in [1.807, 2.05) is 0 Å². The van der Waals surface area contributed by atoms with Crippen LogP contribution in [0.3, 0.4) is 0 Å². The zero-order chi connectivity index (χ0) is 19.0. The lowest BCUT2D eigenvalue weighted by Gasteiger charge is -2.33. The Morgan fingerprint density at radius 2 is 1.68 bits per heavy atom. The van der Waals surface area contributed by atoms with Gasteiger partial charge in [-0.1, -0.05) is 42.2 Å². The van der Waals surface area contributed by atoms with Crippen LogP contribution in [0.25, 0.3) is 0 Å². The normalized spacial score (nSPS) is 16.8. The van der Waals surface area contributed by atoms with Crippen molar-refractivity contribution in [1.29, 1.82) is 0 Å². The van der Waals surface area contributed by atoms with Crippen molar-refractivity contribution in [2.45, 2.75) is 25.4 Å². The highest BCUT2D eigenvalue weighted by molar-refractivity contribution is 5.44. The highest BCUT2D eigenvalue weighted by Crippen LogP contribution is 2.18. The molecule has 0 spiro atoms. The number of hydrogen-bond donors (Lipinski definition) is 1. The van der Waals surface area contributed by atoms with Gasteiger partial charge in [-0.25, -0.2) is 9.97 Å². The molecule has 0 radical (unpaired) electrons. The molecule has 1 fully saturated rings. The molecule has 2 heterocycles. The molecule has 140 valence electrons. The summed E-state index contributed by atoms with van der Waals surface area (Å²) in [5.41, 5.74) is 4.38. The lowest BCUT2D eigenvalue weighted by molar-refractivity contribution is 0.208. The van der Waals surface area contributed by atoms with Gasteiger partial charge in [-0.3, -0.25) is 4.90 Å². The summed E-state index contributed by atoms with van der Waals surface area (Å²) in [5.74, 6) is 6.27. The van der Waals surface area contributed by atoms with Gasteiger partial charge in [-0.15, -0.1) is 0 Å². The Kier molecular flexibility index (Phi) is 5.96. The third kappa shape index (κ3) is 5.18. The maximum atomic E-state index is 3.98. The van der Waals surface area contributed by atoms with Gasteiger partial charge in [0.1, 0.15) is 6.33 Å². The summed E-state index contributed by atoms with van der Waals surface area (Å²) < 4.78 is 0. The molecular weight excluding hydrogens is 344 g/mol. The van der Waals surface area contributed by atoms with Crippen molar-refractivity contribution < 1.29 is 0 Å². The lowest BCUT2D eigenvalue weighted by Crippen LogP contribution is -2.41. The number of likely N-dealkylation sites (tertiary alicyclic amines) is 1. The van der Waals surface area contributed by atoms with Crippen LogP contribution in [0.2, 0.25) is 0 Å². The molecular formula is C24H24N4. The SMILES string of the molecule is C(#Cc1cncnc1)c1ccc(CN2CCCC(Nc3ccccc3)C2)cc1. The fourth-order valence-electron chi connectivity index (χ4n) is 3.55. The smallest absolute Gasteiger partial charge is 0.115 e. The van der Waals surface area contributed by atoms with Gasteiger partial charge in [0.25, 0.3) is 0 Å². The Hall–Kier alpha value is -3.16. The van der Waals surface area contributed by atoms with Crippen molar-refractivity contribution in [3.8, 4) is 11.8 Å². The lowest BCUT2D eigenvalue weighted by atomic mass is 10.0. The van der Waals surface area contributed by atoms with Crippen molar-refractivity contribution in [3.63, 3.8) is 0 Å². The average molecular weight is 368 g/mol. The zero-order valence-electron chi connectivity index (χ0n) is 15.9. The molecule has 4 nitrogen and oxygen atoms in total. The number of hydrogen-bond acceptors (Lipinski definition) is 4. The molecule has 0 bridgehead atoms. The second-order valence-electron chi connectivity index (χ2n) is 7.16. The van der Waals surface area contributed by atoms with Gasteiger partial charge in [-0.05, 0) is 49.2 Å². The largest absolute Gasteiger partial charge is 0.381 e. The molecule has 2 aromatic carbocycles. The second-order valence-corrected chi connectivity index (χ2v) is 7.16. The predicted octanol–water partition coefficient (Wildman–Crippen LogP) is 3.95. The van der Waals surface area contributed by atoms with E-state index in [2.05, 4.69) is 86.6 Å². The topological polar surface area (TPSA) is 41.1 Å². The van der Waals surface area contributed by atoms with Crippen molar-refractivity contribution >= 4 is 5.69 Å². The first-order valence-corrected chi connectivity index (χ1v) is 9.75. The molecule has 4 rings (SSSR count). The summed E-state index contributed by atoms with van der Waals surface area (Å²) in [5, 5.41) is 3.67. The van der Waals surface area contributed by atoms with Gasteiger partial charge in [-0.2, -0.15) is 0 Å². The van der Waals surface area contributed by atoms with Crippen molar-refractivity contribution in [1.82, 2.24) is 14.9 Å². The van der Waals surface area contributed by atoms with Crippen LogP contribution in [-0.4, -0.2) is 34.0 Å². The third-order valence-electron chi connectivity index (χ3n) is 4.92. The van der Waals surface area contributed by atoms with E-state index in [1.54, 1.807) is 12.4 Å².